The van der Waals surface area contributed by atoms with Crippen LogP contribution in [0.5, 0.6) is 0 Å². The third-order valence-electron chi connectivity index (χ3n) is 3.19. The fourth-order valence-electron chi connectivity index (χ4n) is 1.94. The summed E-state index contributed by atoms with van der Waals surface area (Å²) in [5, 5.41) is 2.92. The van der Waals surface area contributed by atoms with E-state index in [9.17, 15) is 4.79 Å². The van der Waals surface area contributed by atoms with Gasteiger partial charge in [0.1, 0.15) is 5.60 Å². The van der Waals surface area contributed by atoms with E-state index < -0.39 is 0 Å². The van der Waals surface area contributed by atoms with Crippen molar-refractivity contribution in [1.29, 1.82) is 0 Å². The molecule has 18 heavy (non-hydrogen) atoms. The van der Waals surface area contributed by atoms with Gasteiger partial charge in [-0.25, -0.2) is 0 Å². The maximum Gasteiger partial charge on any atom is 0.252 e. The van der Waals surface area contributed by atoms with Crippen molar-refractivity contribution in [1.82, 2.24) is 5.32 Å². The Morgan fingerprint density at radius 2 is 2.33 bits per heavy atom. The summed E-state index contributed by atoms with van der Waals surface area (Å²) >= 11 is 2.16. The molecule has 0 aliphatic carbocycles. The maximum atomic E-state index is 12.1. The monoisotopic (exact) mass is 361 g/mol. The topological polar surface area (TPSA) is 47.6 Å². The second kappa shape index (κ2) is 5.99. The third kappa shape index (κ3) is 3.02. The first kappa shape index (κ1) is 13.8. The summed E-state index contributed by atoms with van der Waals surface area (Å²) in [6, 6.07) is 7.52. The molecule has 0 saturated carbocycles. The van der Waals surface area contributed by atoms with Gasteiger partial charge in [-0.2, -0.15) is 0 Å². The van der Waals surface area contributed by atoms with Crippen molar-refractivity contribution in [2.75, 3.05) is 26.9 Å². The van der Waals surface area contributed by atoms with Crippen LogP contribution in [0, 0.1) is 3.57 Å². The van der Waals surface area contributed by atoms with Crippen LogP contribution in [0.2, 0.25) is 0 Å². The number of nitrogens with one attached hydrogen (secondary N) is 1. The molecule has 1 atom stereocenters. The summed E-state index contributed by atoms with van der Waals surface area (Å²) in [5.74, 6) is -0.0664. The molecule has 1 unspecified atom stereocenters. The van der Waals surface area contributed by atoms with Gasteiger partial charge in [-0.05, 0) is 34.7 Å². The molecule has 0 bridgehead atoms. The zero-order valence-electron chi connectivity index (χ0n) is 10.2. The fourth-order valence-corrected chi connectivity index (χ4v) is 2.58. The molecule has 0 radical (unpaired) electrons. The Kier molecular flexibility index (Phi) is 4.58. The Hall–Kier alpha value is -0.660. The molecule has 0 spiro atoms. The predicted molar refractivity (Wildman–Crippen MR) is 76.7 cm³/mol. The predicted octanol–water partition coefficient (Wildman–Crippen LogP) is 1.83. The minimum Gasteiger partial charge on any atom is -0.378 e. The van der Waals surface area contributed by atoms with Gasteiger partial charge in [0.15, 0.2) is 0 Å². The van der Waals surface area contributed by atoms with Crippen molar-refractivity contribution in [2.24, 2.45) is 0 Å². The van der Waals surface area contributed by atoms with Crippen molar-refractivity contribution in [2.45, 2.75) is 12.0 Å². The van der Waals surface area contributed by atoms with Crippen molar-refractivity contribution in [3.05, 3.63) is 33.4 Å². The van der Waals surface area contributed by atoms with Gasteiger partial charge >= 0.3 is 0 Å². The highest BCUT2D eigenvalue weighted by Gasteiger charge is 2.35. The lowest BCUT2D eigenvalue weighted by atomic mass is 10.0. The zero-order valence-corrected chi connectivity index (χ0v) is 12.4. The van der Waals surface area contributed by atoms with E-state index in [2.05, 4.69) is 27.9 Å². The minimum absolute atomic E-state index is 0.0664. The van der Waals surface area contributed by atoms with E-state index >= 15 is 0 Å². The minimum atomic E-state index is -0.365. The third-order valence-corrected chi connectivity index (χ3v) is 4.13. The lowest BCUT2D eigenvalue weighted by molar-refractivity contribution is -0.0148. The lowest BCUT2D eigenvalue weighted by Crippen LogP contribution is -2.45. The van der Waals surface area contributed by atoms with Crippen molar-refractivity contribution >= 4 is 28.5 Å². The van der Waals surface area contributed by atoms with Gasteiger partial charge in [-0.15, -0.1) is 0 Å². The molecular formula is C13H16INO3. The Bertz CT molecular complexity index is 430. The molecule has 1 N–H and O–H groups in total. The molecule has 1 aromatic rings. The van der Waals surface area contributed by atoms with E-state index in [1.807, 2.05) is 24.3 Å². The van der Waals surface area contributed by atoms with Crippen LogP contribution in [0.1, 0.15) is 16.8 Å². The Labute approximate surface area is 120 Å². The van der Waals surface area contributed by atoms with Crippen LogP contribution in [0.4, 0.5) is 0 Å². The van der Waals surface area contributed by atoms with E-state index in [0.29, 0.717) is 25.3 Å². The Balaban J connectivity index is 1.98. The molecule has 98 valence electrons. The molecule has 1 aromatic carbocycles. The van der Waals surface area contributed by atoms with E-state index in [1.165, 1.54) is 0 Å². The van der Waals surface area contributed by atoms with Crippen LogP contribution >= 0.6 is 22.6 Å². The molecule has 2 rings (SSSR count). The van der Waals surface area contributed by atoms with Crippen LogP contribution in [-0.4, -0.2) is 38.4 Å². The van der Waals surface area contributed by atoms with Gasteiger partial charge in [0, 0.05) is 30.3 Å². The standard InChI is InChI=1S/C13H16INO3/c1-17-13(6-7-18-9-13)8-15-12(16)10-4-2-3-5-11(10)14/h2-5H,6-9H2,1H3,(H,15,16). The maximum absolute atomic E-state index is 12.1. The van der Waals surface area contributed by atoms with Crippen molar-refractivity contribution in [3.8, 4) is 0 Å². The SMILES string of the molecule is COC1(CNC(=O)c2ccccc2I)CCOC1. The van der Waals surface area contributed by atoms with E-state index in [0.717, 1.165) is 9.99 Å². The van der Waals surface area contributed by atoms with Crippen LogP contribution in [0.15, 0.2) is 24.3 Å². The molecule has 1 aliphatic rings. The van der Waals surface area contributed by atoms with Gasteiger partial charge in [0.05, 0.1) is 12.2 Å². The smallest absolute Gasteiger partial charge is 0.252 e. The number of rotatable bonds is 4. The van der Waals surface area contributed by atoms with Gasteiger partial charge < -0.3 is 14.8 Å². The number of benzene rings is 1. The van der Waals surface area contributed by atoms with Gasteiger partial charge in [0.2, 0.25) is 0 Å². The van der Waals surface area contributed by atoms with E-state index in [4.69, 9.17) is 9.47 Å². The normalized spacial score (nSPS) is 23.0. The number of hydrogen-bond acceptors (Lipinski definition) is 3. The number of carbonyl (C=O) groups is 1. The molecule has 1 aliphatic heterocycles. The number of halogens is 1. The highest BCUT2D eigenvalue weighted by molar-refractivity contribution is 14.1. The largest absolute Gasteiger partial charge is 0.378 e. The molecular weight excluding hydrogens is 345 g/mol. The molecule has 1 saturated heterocycles. The fraction of sp³-hybridized carbons (Fsp3) is 0.462. The quantitative estimate of drug-likeness (QED) is 0.833. The van der Waals surface area contributed by atoms with E-state index in [-0.39, 0.29) is 11.5 Å². The van der Waals surface area contributed by atoms with Gasteiger partial charge in [-0.3, -0.25) is 4.79 Å². The number of amides is 1. The second-order valence-electron chi connectivity index (χ2n) is 4.35. The zero-order chi connectivity index (χ0) is 13.0. The average molecular weight is 361 g/mol. The molecule has 0 aromatic heterocycles. The summed E-state index contributed by atoms with van der Waals surface area (Å²) in [5.41, 5.74) is 0.332. The number of carbonyl (C=O) groups excluding carboxylic acids is 1. The summed E-state index contributed by atoms with van der Waals surface area (Å²) in [6.07, 6.45) is 0.815. The lowest BCUT2D eigenvalue weighted by Gasteiger charge is -2.25. The van der Waals surface area contributed by atoms with Crippen molar-refractivity contribution < 1.29 is 14.3 Å². The Morgan fingerprint density at radius 1 is 1.56 bits per heavy atom. The average Bonchev–Trinajstić information content (AvgIpc) is 2.86. The Morgan fingerprint density at radius 3 is 2.94 bits per heavy atom. The van der Waals surface area contributed by atoms with Crippen LogP contribution < -0.4 is 5.32 Å². The van der Waals surface area contributed by atoms with Crippen LogP contribution in [-0.2, 0) is 9.47 Å². The van der Waals surface area contributed by atoms with Crippen molar-refractivity contribution in [3.63, 3.8) is 0 Å². The number of hydrogen-bond donors (Lipinski definition) is 1. The van der Waals surface area contributed by atoms with Crippen LogP contribution in [0.3, 0.4) is 0 Å². The van der Waals surface area contributed by atoms with Gasteiger partial charge in [-0.1, -0.05) is 12.1 Å². The molecule has 4 nitrogen and oxygen atoms in total. The summed E-state index contributed by atoms with van der Waals surface area (Å²) < 4.78 is 11.8. The summed E-state index contributed by atoms with van der Waals surface area (Å²) in [4.78, 5) is 12.1. The number of methoxy groups -OCH3 is 1. The summed E-state index contributed by atoms with van der Waals surface area (Å²) in [6.45, 7) is 1.70. The van der Waals surface area contributed by atoms with Crippen LogP contribution in [0.25, 0.3) is 0 Å². The summed E-state index contributed by atoms with van der Waals surface area (Å²) in [7, 11) is 1.66. The number of ether oxygens (including phenoxy) is 2. The molecule has 1 heterocycles. The molecule has 5 heteroatoms. The first-order valence-corrected chi connectivity index (χ1v) is 6.90. The first-order chi connectivity index (χ1) is 8.67. The molecule has 1 amide bonds. The highest BCUT2D eigenvalue weighted by atomic mass is 127. The van der Waals surface area contributed by atoms with E-state index in [1.54, 1.807) is 7.11 Å². The second-order valence-corrected chi connectivity index (χ2v) is 5.51. The molecule has 1 fully saturated rings. The van der Waals surface area contributed by atoms with Gasteiger partial charge in [0.25, 0.3) is 5.91 Å². The first-order valence-electron chi connectivity index (χ1n) is 5.82. The highest BCUT2D eigenvalue weighted by Crippen LogP contribution is 2.21.